The van der Waals surface area contributed by atoms with Crippen LogP contribution in [0.15, 0.2) is 24.3 Å². The van der Waals surface area contributed by atoms with E-state index in [-0.39, 0.29) is 24.8 Å². The molecule has 0 radical (unpaired) electrons. The molecule has 0 saturated heterocycles. The zero-order valence-electron chi connectivity index (χ0n) is 15.1. The standard InChI is InChI=1S/C20H25F3N2O2/c21-20(22,23)14-7-5-6-13(12-14)18(26)25-17-11-4-3-10-16(17)19(27)24-15-8-1-2-9-15/h3-4,10-11,13-15H,1-2,5-9,12H2,(H,24,27)(H,25,26)/t13-,14+/m1/s1. The summed E-state index contributed by atoms with van der Waals surface area (Å²) in [5.74, 6) is -2.81. The van der Waals surface area contributed by atoms with Gasteiger partial charge in [0.1, 0.15) is 0 Å². The first-order chi connectivity index (χ1) is 12.8. The molecule has 2 aliphatic rings. The van der Waals surface area contributed by atoms with Gasteiger partial charge >= 0.3 is 6.18 Å². The first-order valence-electron chi connectivity index (χ1n) is 9.62. The number of hydrogen-bond donors (Lipinski definition) is 2. The van der Waals surface area contributed by atoms with Crippen LogP contribution in [0.5, 0.6) is 0 Å². The third-order valence-electron chi connectivity index (χ3n) is 5.63. The van der Waals surface area contributed by atoms with Gasteiger partial charge in [-0.3, -0.25) is 9.59 Å². The Hall–Kier alpha value is -2.05. The Morgan fingerprint density at radius 3 is 2.37 bits per heavy atom. The highest BCUT2D eigenvalue weighted by Gasteiger charge is 2.43. The van der Waals surface area contributed by atoms with Crippen LogP contribution in [0.2, 0.25) is 0 Å². The summed E-state index contributed by atoms with van der Waals surface area (Å²) in [6, 6.07) is 6.79. The summed E-state index contributed by atoms with van der Waals surface area (Å²) in [6.45, 7) is 0. The molecule has 2 N–H and O–H groups in total. The molecule has 0 aromatic heterocycles. The SMILES string of the molecule is O=C(NC1CCCC1)c1ccccc1NC(=O)[C@@H]1CCC[C@H](C(F)(F)F)C1. The number of nitrogens with one attached hydrogen (secondary N) is 2. The Balaban J connectivity index is 1.66. The molecule has 2 atom stereocenters. The maximum atomic E-state index is 13.0. The monoisotopic (exact) mass is 382 g/mol. The van der Waals surface area contributed by atoms with E-state index < -0.39 is 23.9 Å². The fourth-order valence-corrected chi connectivity index (χ4v) is 4.08. The lowest BCUT2D eigenvalue weighted by atomic mass is 9.80. The molecule has 0 spiro atoms. The Labute approximate surface area is 156 Å². The summed E-state index contributed by atoms with van der Waals surface area (Å²) in [5.41, 5.74) is 0.702. The fourth-order valence-electron chi connectivity index (χ4n) is 4.08. The molecule has 1 aromatic rings. The lowest BCUT2D eigenvalue weighted by molar-refractivity contribution is -0.185. The van der Waals surface area contributed by atoms with Crippen molar-refractivity contribution in [2.24, 2.45) is 11.8 Å². The second kappa shape index (κ2) is 8.31. The Kier molecular flexibility index (Phi) is 6.07. The summed E-state index contributed by atoms with van der Waals surface area (Å²) in [7, 11) is 0. The minimum absolute atomic E-state index is 0.0770. The van der Waals surface area contributed by atoms with Crippen molar-refractivity contribution in [3.63, 3.8) is 0 Å². The van der Waals surface area contributed by atoms with Gasteiger partial charge in [0.25, 0.3) is 5.91 Å². The maximum Gasteiger partial charge on any atom is 0.391 e. The molecule has 0 unspecified atom stereocenters. The zero-order valence-corrected chi connectivity index (χ0v) is 15.1. The van der Waals surface area contributed by atoms with Crippen molar-refractivity contribution >= 4 is 17.5 Å². The van der Waals surface area contributed by atoms with Crippen LogP contribution in [0.25, 0.3) is 0 Å². The Morgan fingerprint density at radius 2 is 1.67 bits per heavy atom. The molecule has 0 bridgehead atoms. The van der Waals surface area contributed by atoms with Crippen molar-refractivity contribution in [1.29, 1.82) is 0 Å². The normalized spacial score (nSPS) is 23.8. The molecular weight excluding hydrogens is 357 g/mol. The molecule has 1 aromatic carbocycles. The summed E-state index contributed by atoms with van der Waals surface area (Å²) in [4.78, 5) is 25.1. The summed E-state index contributed by atoms with van der Waals surface area (Å²) in [5, 5.41) is 5.67. The second-order valence-electron chi connectivity index (χ2n) is 7.59. The molecule has 3 rings (SSSR count). The van der Waals surface area contributed by atoms with Gasteiger partial charge in [-0.1, -0.05) is 31.4 Å². The van der Waals surface area contributed by atoms with Crippen molar-refractivity contribution in [1.82, 2.24) is 5.32 Å². The Morgan fingerprint density at radius 1 is 0.963 bits per heavy atom. The van der Waals surface area contributed by atoms with E-state index in [4.69, 9.17) is 0 Å². The van der Waals surface area contributed by atoms with Crippen molar-refractivity contribution in [3.05, 3.63) is 29.8 Å². The van der Waals surface area contributed by atoms with Crippen molar-refractivity contribution in [3.8, 4) is 0 Å². The first-order valence-corrected chi connectivity index (χ1v) is 9.62. The number of alkyl halides is 3. The summed E-state index contributed by atoms with van der Waals surface area (Å²) >= 11 is 0. The molecule has 2 fully saturated rings. The lowest BCUT2D eigenvalue weighted by Gasteiger charge is -2.29. The number of amides is 2. The third kappa shape index (κ3) is 5.02. The van der Waals surface area contributed by atoms with E-state index in [9.17, 15) is 22.8 Å². The van der Waals surface area contributed by atoms with Gasteiger partial charge in [-0.15, -0.1) is 0 Å². The van der Waals surface area contributed by atoms with Crippen molar-refractivity contribution in [2.75, 3.05) is 5.32 Å². The maximum absolute atomic E-state index is 13.0. The molecule has 0 heterocycles. The number of para-hydroxylation sites is 1. The minimum Gasteiger partial charge on any atom is -0.349 e. The van der Waals surface area contributed by atoms with Gasteiger partial charge in [-0.25, -0.2) is 0 Å². The number of benzene rings is 1. The van der Waals surface area contributed by atoms with E-state index in [2.05, 4.69) is 10.6 Å². The van der Waals surface area contributed by atoms with E-state index in [0.29, 0.717) is 24.1 Å². The van der Waals surface area contributed by atoms with Crippen LogP contribution in [0.3, 0.4) is 0 Å². The first kappa shape index (κ1) is 19.7. The zero-order chi connectivity index (χ0) is 19.4. The van der Waals surface area contributed by atoms with Gasteiger partial charge in [0, 0.05) is 12.0 Å². The van der Waals surface area contributed by atoms with E-state index in [1.54, 1.807) is 24.3 Å². The number of carbonyl (C=O) groups is 2. The average molecular weight is 382 g/mol. The van der Waals surface area contributed by atoms with Gasteiger partial charge in [0.15, 0.2) is 0 Å². The minimum atomic E-state index is -4.27. The highest BCUT2D eigenvalue weighted by atomic mass is 19.4. The molecule has 2 amide bonds. The van der Waals surface area contributed by atoms with Crippen LogP contribution in [0.4, 0.5) is 18.9 Å². The molecule has 0 aliphatic heterocycles. The van der Waals surface area contributed by atoms with E-state index in [0.717, 1.165) is 25.7 Å². The predicted molar refractivity (Wildman–Crippen MR) is 96.3 cm³/mol. The average Bonchev–Trinajstić information content (AvgIpc) is 3.14. The molecule has 2 aliphatic carbocycles. The molecule has 148 valence electrons. The van der Waals surface area contributed by atoms with Gasteiger partial charge < -0.3 is 10.6 Å². The van der Waals surface area contributed by atoms with Crippen LogP contribution in [-0.2, 0) is 4.79 Å². The molecule has 4 nitrogen and oxygen atoms in total. The van der Waals surface area contributed by atoms with Crippen LogP contribution in [0.1, 0.15) is 61.7 Å². The van der Waals surface area contributed by atoms with Crippen LogP contribution < -0.4 is 10.6 Å². The number of carbonyl (C=O) groups excluding carboxylic acids is 2. The highest BCUT2D eigenvalue weighted by molar-refractivity contribution is 6.04. The number of rotatable bonds is 4. The summed E-state index contributed by atoms with van der Waals surface area (Å²) < 4.78 is 39.0. The molecule has 7 heteroatoms. The van der Waals surface area contributed by atoms with Crippen LogP contribution >= 0.6 is 0 Å². The largest absolute Gasteiger partial charge is 0.391 e. The highest BCUT2D eigenvalue weighted by Crippen LogP contribution is 2.40. The quantitative estimate of drug-likeness (QED) is 0.795. The van der Waals surface area contributed by atoms with Crippen LogP contribution in [0, 0.1) is 11.8 Å². The number of halogens is 3. The van der Waals surface area contributed by atoms with Gasteiger partial charge in [-0.2, -0.15) is 13.2 Å². The fraction of sp³-hybridized carbons (Fsp3) is 0.600. The van der Waals surface area contributed by atoms with Gasteiger partial charge in [-0.05, 0) is 44.2 Å². The van der Waals surface area contributed by atoms with Crippen molar-refractivity contribution in [2.45, 2.75) is 63.6 Å². The molecular formula is C20H25F3N2O2. The van der Waals surface area contributed by atoms with E-state index in [1.165, 1.54) is 0 Å². The lowest BCUT2D eigenvalue weighted by Crippen LogP contribution is -2.35. The summed E-state index contributed by atoms with van der Waals surface area (Å²) in [6.07, 6.45) is 0.511. The number of hydrogen-bond acceptors (Lipinski definition) is 2. The molecule has 27 heavy (non-hydrogen) atoms. The predicted octanol–water partition coefficient (Wildman–Crippen LogP) is 4.67. The van der Waals surface area contributed by atoms with E-state index in [1.807, 2.05) is 0 Å². The van der Waals surface area contributed by atoms with Gasteiger partial charge in [0.2, 0.25) is 5.91 Å². The number of anilines is 1. The smallest absolute Gasteiger partial charge is 0.349 e. The third-order valence-corrected chi connectivity index (χ3v) is 5.63. The van der Waals surface area contributed by atoms with E-state index >= 15 is 0 Å². The second-order valence-corrected chi connectivity index (χ2v) is 7.59. The van der Waals surface area contributed by atoms with Crippen molar-refractivity contribution < 1.29 is 22.8 Å². The molecule has 2 saturated carbocycles. The van der Waals surface area contributed by atoms with Crippen LogP contribution in [-0.4, -0.2) is 24.0 Å². The van der Waals surface area contributed by atoms with Gasteiger partial charge in [0.05, 0.1) is 17.2 Å². The topological polar surface area (TPSA) is 58.2 Å². The Bertz CT molecular complexity index is 684.